The van der Waals surface area contributed by atoms with Crippen LogP contribution in [0.3, 0.4) is 0 Å². The van der Waals surface area contributed by atoms with Crippen LogP contribution in [-0.2, 0) is 9.53 Å². The number of ether oxygens (including phenoxy) is 1. The van der Waals surface area contributed by atoms with Gasteiger partial charge in [0.25, 0.3) is 0 Å². The number of carbonyl (C=O) groups is 1. The van der Waals surface area contributed by atoms with Crippen LogP contribution >= 0.6 is 0 Å². The predicted molar refractivity (Wildman–Crippen MR) is 57.3 cm³/mol. The molecule has 4 heteroatoms. The molecule has 0 aromatic carbocycles. The Bertz CT molecular complexity index is 149. The first-order valence-electron chi connectivity index (χ1n) is 5.24. The monoisotopic (exact) mass is 202 g/mol. The molecule has 2 N–H and O–H groups in total. The van der Waals surface area contributed by atoms with Crippen molar-refractivity contribution in [2.75, 3.05) is 26.3 Å². The summed E-state index contributed by atoms with van der Waals surface area (Å²) in [4.78, 5) is 11.2. The first kappa shape index (κ1) is 13.4. The molecule has 84 valence electrons. The minimum absolute atomic E-state index is 0.0813. The zero-order valence-corrected chi connectivity index (χ0v) is 9.43. The largest absolute Gasteiger partial charge is 0.380 e. The van der Waals surface area contributed by atoms with Crippen LogP contribution in [0.1, 0.15) is 27.2 Å². The number of amides is 1. The molecule has 0 radical (unpaired) electrons. The molecule has 0 unspecified atom stereocenters. The van der Waals surface area contributed by atoms with Gasteiger partial charge in [0, 0.05) is 32.2 Å². The van der Waals surface area contributed by atoms with Crippen molar-refractivity contribution in [2.45, 2.75) is 33.2 Å². The van der Waals surface area contributed by atoms with Gasteiger partial charge in [-0.05, 0) is 6.92 Å². The van der Waals surface area contributed by atoms with Gasteiger partial charge in [-0.3, -0.25) is 4.79 Å². The van der Waals surface area contributed by atoms with Gasteiger partial charge in [-0.15, -0.1) is 0 Å². The van der Waals surface area contributed by atoms with Gasteiger partial charge < -0.3 is 15.4 Å². The SMILES string of the molecule is CCOCCNC(=O)CCNC(C)C. The molecule has 0 saturated carbocycles. The molecular formula is C10H22N2O2. The molecule has 0 aromatic rings. The second kappa shape index (κ2) is 8.97. The van der Waals surface area contributed by atoms with E-state index >= 15 is 0 Å². The third-order valence-electron chi connectivity index (χ3n) is 1.68. The van der Waals surface area contributed by atoms with Crippen LogP contribution < -0.4 is 10.6 Å². The van der Waals surface area contributed by atoms with Crippen molar-refractivity contribution in [3.05, 3.63) is 0 Å². The van der Waals surface area contributed by atoms with Gasteiger partial charge in [-0.2, -0.15) is 0 Å². The molecule has 0 spiro atoms. The van der Waals surface area contributed by atoms with Crippen LogP contribution in [0, 0.1) is 0 Å². The van der Waals surface area contributed by atoms with E-state index in [-0.39, 0.29) is 5.91 Å². The lowest BCUT2D eigenvalue weighted by Crippen LogP contribution is -2.32. The summed E-state index contributed by atoms with van der Waals surface area (Å²) in [6.07, 6.45) is 0.532. The Labute approximate surface area is 86.4 Å². The molecule has 0 aliphatic rings. The predicted octanol–water partition coefficient (Wildman–Crippen LogP) is 0.527. The van der Waals surface area contributed by atoms with E-state index in [1.807, 2.05) is 6.92 Å². The fourth-order valence-corrected chi connectivity index (χ4v) is 0.970. The summed E-state index contributed by atoms with van der Waals surface area (Å²) in [5.74, 6) is 0.0813. The van der Waals surface area contributed by atoms with Crippen molar-refractivity contribution in [1.29, 1.82) is 0 Å². The number of nitrogens with one attached hydrogen (secondary N) is 2. The highest BCUT2D eigenvalue weighted by molar-refractivity contribution is 5.75. The molecule has 0 bridgehead atoms. The summed E-state index contributed by atoms with van der Waals surface area (Å²) in [6.45, 7) is 8.70. The molecule has 0 atom stereocenters. The van der Waals surface area contributed by atoms with Crippen molar-refractivity contribution in [2.24, 2.45) is 0 Å². The quantitative estimate of drug-likeness (QED) is 0.564. The second-order valence-electron chi connectivity index (χ2n) is 3.41. The minimum Gasteiger partial charge on any atom is -0.380 e. The summed E-state index contributed by atoms with van der Waals surface area (Å²) in [5.41, 5.74) is 0. The smallest absolute Gasteiger partial charge is 0.221 e. The molecule has 0 saturated heterocycles. The van der Waals surface area contributed by atoms with Crippen LogP contribution in [0.2, 0.25) is 0 Å². The lowest BCUT2D eigenvalue weighted by atomic mass is 10.3. The van der Waals surface area contributed by atoms with Crippen LogP contribution in [0.15, 0.2) is 0 Å². The average molecular weight is 202 g/mol. The van der Waals surface area contributed by atoms with Gasteiger partial charge in [-0.25, -0.2) is 0 Å². The molecule has 0 rings (SSSR count). The first-order valence-corrected chi connectivity index (χ1v) is 5.24. The second-order valence-corrected chi connectivity index (χ2v) is 3.41. The van der Waals surface area contributed by atoms with Crippen molar-refractivity contribution >= 4 is 5.91 Å². The van der Waals surface area contributed by atoms with E-state index < -0.39 is 0 Å². The van der Waals surface area contributed by atoms with Gasteiger partial charge in [0.15, 0.2) is 0 Å². The zero-order chi connectivity index (χ0) is 10.8. The summed E-state index contributed by atoms with van der Waals surface area (Å²) in [6, 6.07) is 0.436. The molecule has 14 heavy (non-hydrogen) atoms. The van der Waals surface area contributed by atoms with E-state index in [1.165, 1.54) is 0 Å². The third-order valence-corrected chi connectivity index (χ3v) is 1.68. The number of hydrogen-bond acceptors (Lipinski definition) is 3. The number of hydrogen-bond donors (Lipinski definition) is 2. The van der Waals surface area contributed by atoms with E-state index in [0.29, 0.717) is 32.2 Å². The Kier molecular flexibility index (Phi) is 8.57. The molecule has 0 heterocycles. The van der Waals surface area contributed by atoms with E-state index in [1.54, 1.807) is 0 Å². The molecule has 1 amide bonds. The Balaban J connectivity index is 3.20. The first-order chi connectivity index (χ1) is 6.66. The highest BCUT2D eigenvalue weighted by Gasteiger charge is 2.00. The van der Waals surface area contributed by atoms with E-state index in [9.17, 15) is 4.79 Å². The Morgan fingerprint density at radius 2 is 2.07 bits per heavy atom. The van der Waals surface area contributed by atoms with Gasteiger partial charge in [0.1, 0.15) is 0 Å². The third kappa shape index (κ3) is 9.48. The summed E-state index contributed by atoms with van der Waals surface area (Å²) >= 11 is 0. The van der Waals surface area contributed by atoms with Crippen LogP contribution in [0.5, 0.6) is 0 Å². The lowest BCUT2D eigenvalue weighted by molar-refractivity contribution is -0.121. The van der Waals surface area contributed by atoms with Gasteiger partial charge in [-0.1, -0.05) is 13.8 Å². The number of carbonyl (C=O) groups excluding carboxylic acids is 1. The zero-order valence-electron chi connectivity index (χ0n) is 9.43. The Hall–Kier alpha value is -0.610. The van der Waals surface area contributed by atoms with Crippen molar-refractivity contribution in [1.82, 2.24) is 10.6 Å². The van der Waals surface area contributed by atoms with Crippen molar-refractivity contribution in [3.63, 3.8) is 0 Å². The molecule has 0 aromatic heterocycles. The summed E-state index contributed by atoms with van der Waals surface area (Å²) in [7, 11) is 0. The average Bonchev–Trinajstić information content (AvgIpc) is 2.12. The Morgan fingerprint density at radius 3 is 2.64 bits per heavy atom. The maximum absolute atomic E-state index is 11.2. The van der Waals surface area contributed by atoms with Crippen LogP contribution in [-0.4, -0.2) is 38.3 Å². The molecular weight excluding hydrogens is 180 g/mol. The normalized spacial score (nSPS) is 10.6. The van der Waals surface area contributed by atoms with Crippen LogP contribution in [0.25, 0.3) is 0 Å². The van der Waals surface area contributed by atoms with E-state index in [0.717, 1.165) is 6.54 Å². The maximum Gasteiger partial charge on any atom is 0.221 e. The molecule has 4 nitrogen and oxygen atoms in total. The maximum atomic E-state index is 11.2. The highest BCUT2D eigenvalue weighted by atomic mass is 16.5. The topological polar surface area (TPSA) is 50.4 Å². The van der Waals surface area contributed by atoms with Crippen molar-refractivity contribution < 1.29 is 9.53 Å². The van der Waals surface area contributed by atoms with E-state index in [4.69, 9.17) is 4.74 Å². The highest BCUT2D eigenvalue weighted by Crippen LogP contribution is 1.81. The molecule has 0 aliphatic heterocycles. The van der Waals surface area contributed by atoms with Gasteiger partial charge >= 0.3 is 0 Å². The van der Waals surface area contributed by atoms with Gasteiger partial charge in [0.05, 0.1) is 6.61 Å². The fourth-order valence-electron chi connectivity index (χ4n) is 0.970. The molecule has 0 aliphatic carbocycles. The van der Waals surface area contributed by atoms with Crippen molar-refractivity contribution in [3.8, 4) is 0 Å². The summed E-state index contributed by atoms with van der Waals surface area (Å²) < 4.78 is 5.10. The van der Waals surface area contributed by atoms with E-state index in [2.05, 4.69) is 24.5 Å². The minimum atomic E-state index is 0.0813. The fraction of sp³-hybridized carbons (Fsp3) is 0.900. The summed E-state index contributed by atoms with van der Waals surface area (Å²) in [5, 5.41) is 5.97. The molecule has 0 fully saturated rings. The van der Waals surface area contributed by atoms with Gasteiger partial charge in [0.2, 0.25) is 5.91 Å². The standard InChI is InChI=1S/C10H22N2O2/c1-4-14-8-7-12-10(13)5-6-11-9(2)3/h9,11H,4-8H2,1-3H3,(H,12,13). The lowest BCUT2D eigenvalue weighted by Gasteiger charge is -2.08. The number of rotatable bonds is 8. The van der Waals surface area contributed by atoms with Crippen LogP contribution in [0.4, 0.5) is 0 Å². The Morgan fingerprint density at radius 1 is 1.36 bits per heavy atom.